The molecular weight excluding hydrogens is 400 g/mol. The lowest BCUT2D eigenvalue weighted by molar-refractivity contribution is -0.182. The fourth-order valence-corrected chi connectivity index (χ4v) is 3.92. The number of hydrogen-bond donors (Lipinski definition) is 1. The third-order valence-corrected chi connectivity index (χ3v) is 5.80. The average molecular weight is 413 g/mol. The molecule has 1 aromatic carbocycles. The zero-order valence-corrected chi connectivity index (χ0v) is 14.7. The van der Waals surface area contributed by atoms with Gasteiger partial charge in [0.2, 0.25) is 10.0 Å². The van der Waals surface area contributed by atoms with E-state index in [0.717, 1.165) is 18.2 Å². The van der Waals surface area contributed by atoms with Crippen LogP contribution < -0.4 is 4.72 Å². The van der Waals surface area contributed by atoms with E-state index in [1.54, 1.807) is 0 Å². The molecule has 0 spiro atoms. The van der Waals surface area contributed by atoms with Gasteiger partial charge in [-0.15, -0.1) is 10.2 Å². The van der Waals surface area contributed by atoms with Gasteiger partial charge >= 0.3 is 6.18 Å². The highest BCUT2D eigenvalue weighted by atomic mass is 35.5. The molecule has 142 valence electrons. The van der Waals surface area contributed by atoms with Crippen molar-refractivity contribution >= 4 is 21.6 Å². The van der Waals surface area contributed by atoms with Gasteiger partial charge in [-0.3, -0.25) is 0 Å². The molecule has 12 heteroatoms. The first kappa shape index (κ1) is 19.1. The summed E-state index contributed by atoms with van der Waals surface area (Å²) in [5, 5.41) is 7.23. The Labute approximate surface area is 151 Å². The van der Waals surface area contributed by atoms with Crippen LogP contribution in [-0.4, -0.2) is 29.4 Å². The van der Waals surface area contributed by atoms with Crippen molar-refractivity contribution in [1.29, 1.82) is 0 Å². The minimum Gasteiger partial charge on any atom is -0.313 e. The van der Waals surface area contributed by atoms with Crippen molar-refractivity contribution < 1.29 is 26.0 Å². The highest BCUT2D eigenvalue weighted by Crippen LogP contribution is 2.34. The van der Waals surface area contributed by atoms with E-state index in [9.17, 15) is 26.0 Å². The number of sulfonamides is 1. The molecule has 0 aliphatic carbocycles. The quantitative estimate of drug-likeness (QED) is 0.783. The molecule has 0 unspecified atom stereocenters. The van der Waals surface area contributed by atoms with Crippen molar-refractivity contribution in [3.8, 4) is 0 Å². The molecule has 1 N–H and O–H groups in total. The molecular formula is C14H13ClF4N4O2S. The zero-order chi connectivity index (χ0) is 19.1. The summed E-state index contributed by atoms with van der Waals surface area (Å²) in [6.45, 7) is -0.708. The van der Waals surface area contributed by atoms with Crippen molar-refractivity contribution in [2.24, 2.45) is 5.92 Å². The Balaban J connectivity index is 1.77. The summed E-state index contributed by atoms with van der Waals surface area (Å²) < 4.78 is 80.0. The maximum absolute atomic E-state index is 13.2. The molecule has 1 aromatic heterocycles. The summed E-state index contributed by atoms with van der Waals surface area (Å²) in [5.74, 6) is -1.84. The van der Waals surface area contributed by atoms with E-state index >= 15 is 0 Å². The minimum absolute atomic E-state index is 0.0748. The summed E-state index contributed by atoms with van der Waals surface area (Å²) in [4.78, 5) is -0.268. The third-order valence-electron chi connectivity index (χ3n) is 4.11. The Kier molecular flexibility index (Phi) is 4.97. The first-order valence-electron chi connectivity index (χ1n) is 7.50. The van der Waals surface area contributed by atoms with Gasteiger partial charge in [-0.25, -0.2) is 17.5 Å². The molecule has 0 fully saturated rings. The lowest BCUT2D eigenvalue weighted by Gasteiger charge is -2.26. The summed E-state index contributed by atoms with van der Waals surface area (Å²) in [6.07, 6.45) is -4.32. The van der Waals surface area contributed by atoms with E-state index in [0.29, 0.717) is 5.82 Å². The van der Waals surface area contributed by atoms with Gasteiger partial charge in [-0.05, 0) is 24.6 Å². The summed E-state index contributed by atoms with van der Waals surface area (Å²) in [6, 6.07) is 2.88. The molecule has 0 bridgehead atoms. The predicted octanol–water partition coefficient (Wildman–Crippen LogP) is 2.67. The number of nitrogens with one attached hydrogen (secondary N) is 1. The van der Waals surface area contributed by atoms with E-state index in [1.165, 1.54) is 4.57 Å². The second-order valence-electron chi connectivity index (χ2n) is 5.82. The Morgan fingerprint density at radius 3 is 2.69 bits per heavy atom. The van der Waals surface area contributed by atoms with Crippen LogP contribution in [0.15, 0.2) is 23.1 Å². The second kappa shape index (κ2) is 6.78. The van der Waals surface area contributed by atoms with Gasteiger partial charge in [0, 0.05) is 13.0 Å². The van der Waals surface area contributed by atoms with Gasteiger partial charge in [0.15, 0.2) is 0 Å². The number of fused-ring (bicyclic) bond motifs is 1. The topological polar surface area (TPSA) is 76.9 Å². The van der Waals surface area contributed by atoms with E-state index in [4.69, 9.17) is 11.6 Å². The number of aromatic nitrogens is 3. The smallest absolute Gasteiger partial charge is 0.313 e. The summed E-state index contributed by atoms with van der Waals surface area (Å²) >= 11 is 5.57. The van der Waals surface area contributed by atoms with Gasteiger partial charge in [0.1, 0.15) is 17.5 Å². The first-order chi connectivity index (χ1) is 12.1. The maximum Gasteiger partial charge on any atom is 0.393 e. The Morgan fingerprint density at radius 2 is 2.04 bits per heavy atom. The van der Waals surface area contributed by atoms with E-state index in [-0.39, 0.29) is 41.7 Å². The van der Waals surface area contributed by atoms with Crippen molar-refractivity contribution in [2.45, 2.75) is 37.0 Å². The van der Waals surface area contributed by atoms with Crippen LogP contribution in [-0.2, 0) is 29.5 Å². The third kappa shape index (κ3) is 3.84. The van der Waals surface area contributed by atoms with Gasteiger partial charge in [0.05, 0.1) is 22.4 Å². The highest BCUT2D eigenvalue weighted by Gasteiger charge is 2.42. The van der Waals surface area contributed by atoms with E-state index in [1.807, 2.05) is 0 Å². The monoisotopic (exact) mass is 412 g/mol. The summed E-state index contributed by atoms with van der Waals surface area (Å²) in [5.41, 5.74) is 0. The molecule has 0 amide bonds. The average Bonchev–Trinajstić information content (AvgIpc) is 2.97. The van der Waals surface area contributed by atoms with Gasteiger partial charge in [0.25, 0.3) is 0 Å². The molecule has 26 heavy (non-hydrogen) atoms. The predicted molar refractivity (Wildman–Crippen MR) is 83.3 cm³/mol. The van der Waals surface area contributed by atoms with Crippen LogP contribution in [0.4, 0.5) is 17.6 Å². The number of halogens is 5. The van der Waals surface area contributed by atoms with Crippen molar-refractivity contribution in [1.82, 2.24) is 19.5 Å². The van der Waals surface area contributed by atoms with Crippen LogP contribution in [0, 0.1) is 11.7 Å². The Bertz CT molecular complexity index is 930. The fourth-order valence-electron chi connectivity index (χ4n) is 2.67. The molecule has 6 nitrogen and oxygen atoms in total. The minimum atomic E-state index is -4.34. The summed E-state index contributed by atoms with van der Waals surface area (Å²) in [7, 11) is -4.05. The second-order valence-corrected chi connectivity index (χ2v) is 7.99. The van der Waals surface area contributed by atoms with Gasteiger partial charge in [-0.2, -0.15) is 13.2 Å². The number of rotatable bonds is 4. The van der Waals surface area contributed by atoms with Crippen molar-refractivity contribution in [3.05, 3.63) is 40.7 Å². The molecule has 3 rings (SSSR count). The van der Waals surface area contributed by atoms with Crippen LogP contribution in [0.3, 0.4) is 0 Å². The molecule has 2 heterocycles. The highest BCUT2D eigenvalue weighted by molar-refractivity contribution is 7.89. The normalized spacial score (nSPS) is 18.0. The van der Waals surface area contributed by atoms with Gasteiger partial charge < -0.3 is 4.57 Å². The van der Waals surface area contributed by atoms with Crippen LogP contribution in [0.5, 0.6) is 0 Å². The van der Waals surface area contributed by atoms with Crippen LogP contribution in [0.25, 0.3) is 0 Å². The van der Waals surface area contributed by atoms with E-state index in [2.05, 4.69) is 14.9 Å². The molecule has 0 saturated carbocycles. The molecule has 0 radical (unpaired) electrons. The van der Waals surface area contributed by atoms with Crippen LogP contribution in [0.2, 0.25) is 5.02 Å². The molecule has 1 aliphatic rings. The van der Waals surface area contributed by atoms with E-state index < -0.39 is 27.9 Å². The standard InChI is InChI=1S/C14H13ClF4N4O2S/c15-10-5-9(2-3-11(10)16)26(24,25)20-6-13-22-21-12-4-1-8(7-23(12)13)14(17,18)19/h2-3,5,8,20H,1,4,6-7H2/t8-/m0/s1. The number of benzene rings is 1. The first-order valence-corrected chi connectivity index (χ1v) is 9.36. The van der Waals surface area contributed by atoms with Crippen molar-refractivity contribution in [3.63, 3.8) is 0 Å². The SMILES string of the molecule is O=S(=O)(NCc1nnc2n1C[C@@H](C(F)(F)F)CC2)c1ccc(F)c(Cl)c1. The lowest BCUT2D eigenvalue weighted by atomic mass is 9.99. The number of aryl methyl sites for hydroxylation is 1. The molecule has 0 saturated heterocycles. The molecule has 1 aliphatic heterocycles. The van der Waals surface area contributed by atoms with Crippen LogP contribution >= 0.6 is 11.6 Å². The van der Waals surface area contributed by atoms with Crippen molar-refractivity contribution in [2.75, 3.05) is 0 Å². The lowest BCUT2D eigenvalue weighted by Crippen LogP contribution is -2.34. The zero-order valence-electron chi connectivity index (χ0n) is 13.1. The van der Waals surface area contributed by atoms with Gasteiger partial charge in [-0.1, -0.05) is 11.6 Å². The Hall–Kier alpha value is -1.72. The largest absolute Gasteiger partial charge is 0.393 e. The molecule has 2 aromatic rings. The number of hydrogen-bond acceptors (Lipinski definition) is 4. The maximum atomic E-state index is 13.2. The fraction of sp³-hybridized carbons (Fsp3) is 0.429. The number of nitrogens with zero attached hydrogens (tertiary/aromatic N) is 3. The van der Waals surface area contributed by atoms with Crippen LogP contribution in [0.1, 0.15) is 18.1 Å². The number of alkyl halides is 3. The molecule has 1 atom stereocenters. The Morgan fingerprint density at radius 1 is 1.31 bits per heavy atom.